The SMILES string of the molecule is CC1(C)CCCC(OCCCc2ccccc2)C1N. The lowest BCUT2D eigenvalue weighted by Crippen LogP contribution is -2.50. The van der Waals surface area contributed by atoms with Gasteiger partial charge in [0.05, 0.1) is 6.10 Å². The fraction of sp³-hybridized carbons (Fsp3) is 0.647. The average Bonchev–Trinajstić information content (AvgIpc) is 2.40. The minimum absolute atomic E-state index is 0.179. The molecule has 0 aromatic heterocycles. The molecule has 1 aromatic rings. The van der Waals surface area contributed by atoms with E-state index < -0.39 is 0 Å². The minimum atomic E-state index is 0.179. The van der Waals surface area contributed by atoms with Crippen LogP contribution in [0.5, 0.6) is 0 Å². The van der Waals surface area contributed by atoms with Gasteiger partial charge in [0, 0.05) is 12.6 Å². The van der Waals surface area contributed by atoms with Crippen molar-refractivity contribution in [2.24, 2.45) is 11.1 Å². The third-order valence-corrected chi connectivity index (χ3v) is 4.40. The molecule has 2 heteroatoms. The first-order valence-electron chi connectivity index (χ1n) is 7.51. The van der Waals surface area contributed by atoms with Crippen molar-refractivity contribution < 1.29 is 4.74 Å². The van der Waals surface area contributed by atoms with E-state index in [1.165, 1.54) is 18.4 Å². The second-order valence-electron chi connectivity index (χ2n) is 6.40. The molecule has 2 unspecified atom stereocenters. The van der Waals surface area contributed by atoms with Crippen LogP contribution in [0.25, 0.3) is 0 Å². The second-order valence-corrected chi connectivity index (χ2v) is 6.40. The van der Waals surface area contributed by atoms with Crippen LogP contribution in [-0.4, -0.2) is 18.8 Å². The zero-order valence-corrected chi connectivity index (χ0v) is 12.3. The molecule has 1 saturated carbocycles. The number of rotatable bonds is 5. The molecule has 106 valence electrons. The molecule has 0 radical (unpaired) electrons. The standard InChI is InChI=1S/C17H27NO/c1-17(2)12-6-11-15(16(17)18)19-13-7-10-14-8-4-3-5-9-14/h3-5,8-9,15-16H,6-7,10-13,18H2,1-2H3. The molecule has 1 aliphatic carbocycles. The van der Waals surface area contributed by atoms with Crippen LogP contribution in [0.2, 0.25) is 0 Å². The summed E-state index contributed by atoms with van der Waals surface area (Å²) in [5, 5.41) is 0. The van der Waals surface area contributed by atoms with Crippen molar-refractivity contribution >= 4 is 0 Å². The first-order valence-corrected chi connectivity index (χ1v) is 7.51. The van der Waals surface area contributed by atoms with E-state index >= 15 is 0 Å². The van der Waals surface area contributed by atoms with E-state index in [2.05, 4.69) is 44.2 Å². The highest BCUT2D eigenvalue weighted by molar-refractivity contribution is 5.14. The Morgan fingerprint density at radius 2 is 2.00 bits per heavy atom. The maximum Gasteiger partial charge on any atom is 0.0731 e. The Labute approximate surface area is 117 Å². The number of aryl methyl sites for hydroxylation is 1. The van der Waals surface area contributed by atoms with Crippen LogP contribution < -0.4 is 5.73 Å². The summed E-state index contributed by atoms with van der Waals surface area (Å²) in [4.78, 5) is 0. The molecular formula is C17H27NO. The monoisotopic (exact) mass is 261 g/mol. The molecular weight excluding hydrogens is 234 g/mol. The van der Waals surface area contributed by atoms with Crippen molar-refractivity contribution in [1.29, 1.82) is 0 Å². The van der Waals surface area contributed by atoms with Gasteiger partial charge >= 0.3 is 0 Å². The molecule has 0 heterocycles. The molecule has 2 rings (SSSR count). The van der Waals surface area contributed by atoms with Gasteiger partial charge in [-0.05, 0) is 36.7 Å². The smallest absolute Gasteiger partial charge is 0.0731 e. The Morgan fingerprint density at radius 3 is 2.74 bits per heavy atom. The number of ether oxygens (including phenoxy) is 1. The van der Waals surface area contributed by atoms with Gasteiger partial charge < -0.3 is 10.5 Å². The van der Waals surface area contributed by atoms with Crippen molar-refractivity contribution in [2.45, 2.75) is 58.1 Å². The predicted octanol–water partition coefficient (Wildman–Crippen LogP) is 3.54. The van der Waals surface area contributed by atoms with Gasteiger partial charge in [-0.3, -0.25) is 0 Å². The van der Waals surface area contributed by atoms with Crippen molar-refractivity contribution in [3.63, 3.8) is 0 Å². The molecule has 1 fully saturated rings. The number of hydrogen-bond donors (Lipinski definition) is 1. The molecule has 1 aliphatic rings. The van der Waals surface area contributed by atoms with E-state index in [9.17, 15) is 0 Å². The molecule has 2 atom stereocenters. The Hall–Kier alpha value is -0.860. The average molecular weight is 261 g/mol. The highest BCUT2D eigenvalue weighted by atomic mass is 16.5. The van der Waals surface area contributed by atoms with Crippen molar-refractivity contribution in [1.82, 2.24) is 0 Å². The van der Waals surface area contributed by atoms with Crippen molar-refractivity contribution in [2.75, 3.05) is 6.61 Å². The lowest BCUT2D eigenvalue weighted by Gasteiger charge is -2.41. The van der Waals surface area contributed by atoms with Gasteiger partial charge in [0.15, 0.2) is 0 Å². The van der Waals surface area contributed by atoms with E-state index in [0.717, 1.165) is 25.9 Å². The summed E-state index contributed by atoms with van der Waals surface area (Å²) in [5.41, 5.74) is 7.94. The number of benzene rings is 1. The quantitative estimate of drug-likeness (QED) is 0.823. The van der Waals surface area contributed by atoms with E-state index in [0.29, 0.717) is 0 Å². The molecule has 0 spiro atoms. The van der Waals surface area contributed by atoms with Crippen LogP contribution in [-0.2, 0) is 11.2 Å². The zero-order valence-electron chi connectivity index (χ0n) is 12.3. The Balaban J connectivity index is 1.71. The summed E-state index contributed by atoms with van der Waals surface area (Å²) in [5.74, 6) is 0. The van der Waals surface area contributed by atoms with Crippen LogP contribution in [0.15, 0.2) is 30.3 Å². The molecule has 2 N–H and O–H groups in total. The van der Waals surface area contributed by atoms with E-state index in [1.54, 1.807) is 0 Å². The van der Waals surface area contributed by atoms with Gasteiger partial charge in [0.25, 0.3) is 0 Å². The summed E-state index contributed by atoms with van der Waals surface area (Å²) >= 11 is 0. The normalized spacial score (nSPS) is 26.3. The van der Waals surface area contributed by atoms with Gasteiger partial charge in [0.2, 0.25) is 0 Å². The molecule has 0 bridgehead atoms. The van der Waals surface area contributed by atoms with Gasteiger partial charge in [-0.2, -0.15) is 0 Å². The first kappa shape index (κ1) is 14.5. The summed E-state index contributed by atoms with van der Waals surface area (Å²) in [6.45, 7) is 5.34. The highest BCUT2D eigenvalue weighted by Crippen LogP contribution is 2.35. The number of hydrogen-bond acceptors (Lipinski definition) is 2. The minimum Gasteiger partial charge on any atom is -0.377 e. The lowest BCUT2D eigenvalue weighted by molar-refractivity contribution is -0.0249. The van der Waals surface area contributed by atoms with Crippen LogP contribution >= 0.6 is 0 Å². The first-order chi connectivity index (χ1) is 9.09. The van der Waals surface area contributed by atoms with Crippen LogP contribution in [0, 0.1) is 5.41 Å². The Morgan fingerprint density at radius 1 is 1.26 bits per heavy atom. The maximum absolute atomic E-state index is 6.33. The lowest BCUT2D eigenvalue weighted by atomic mass is 9.72. The number of nitrogens with two attached hydrogens (primary N) is 1. The summed E-state index contributed by atoms with van der Waals surface area (Å²) < 4.78 is 6.03. The summed E-state index contributed by atoms with van der Waals surface area (Å²) in [6, 6.07) is 10.8. The summed E-state index contributed by atoms with van der Waals surface area (Å²) in [6.07, 6.45) is 6.00. The Kier molecular flexibility index (Phi) is 5.00. The largest absolute Gasteiger partial charge is 0.377 e. The third kappa shape index (κ3) is 4.05. The summed E-state index contributed by atoms with van der Waals surface area (Å²) in [7, 11) is 0. The molecule has 0 saturated heterocycles. The highest BCUT2D eigenvalue weighted by Gasteiger charge is 2.36. The van der Waals surface area contributed by atoms with E-state index in [4.69, 9.17) is 10.5 Å². The molecule has 1 aromatic carbocycles. The molecule has 2 nitrogen and oxygen atoms in total. The van der Waals surface area contributed by atoms with Crippen molar-refractivity contribution in [3.05, 3.63) is 35.9 Å². The Bertz CT molecular complexity index is 374. The van der Waals surface area contributed by atoms with Gasteiger partial charge in [-0.1, -0.05) is 50.6 Å². The molecule has 0 amide bonds. The third-order valence-electron chi connectivity index (χ3n) is 4.40. The fourth-order valence-corrected chi connectivity index (χ4v) is 2.95. The van der Waals surface area contributed by atoms with Crippen LogP contribution in [0.1, 0.15) is 45.1 Å². The molecule has 0 aliphatic heterocycles. The predicted molar refractivity (Wildman–Crippen MR) is 80.1 cm³/mol. The second kappa shape index (κ2) is 6.53. The van der Waals surface area contributed by atoms with Crippen molar-refractivity contribution in [3.8, 4) is 0 Å². The fourth-order valence-electron chi connectivity index (χ4n) is 2.95. The van der Waals surface area contributed by atoms with Crippen LogP contribution in [0.4, 0.5) is 0 Å². The topological polar surface area (TPSA) is 35.2 Å². The van der Waals surface area contributed by atoms with Gasteiger partial charge in [-0.15, -0.1) is 0 Å². The maximum atomic E-state index is 6.33. The van der Waals surface area contributed by atoms with E-state index in [1.807, 2.05) is 0 Å². The molecule has 19 heavy (non-hydrogen) atoms. The zero-order chi connectivity index (χ0) is 13.7. The van der Waals surface area contributed by atoms with Gasteiger partial charge in [0.1, 0.15) is 0 Å². The van der Waals surface area contributed by atoms with E-state index in [-0.39, 0.29) is 17.6 Å². The van der Waals surface area contributed by atoms with Gasteiger partial charge in [-0.25, -0.2) is 0 Å². The van der Waals surface area contributed by atoms with Crippen LogP contribution in [0.3, 0.4) is 0 Å².